The van der Waals surface area contributed by atoms with Crippen LogP contribution in [0.4, 0.5) is 0 Å². The minimum absolute atomic E-state index is 0.0117. The molecule has 0 fully saturated rings. The number of benzene rings is 1. The van der Waals surface area contributed by atoms with E-state index in [1.54, 1.807) is 6.92 Å². The maximum Gasteiger partial charge on any atom is 0.307 e. The van der Waals surface area contributed by atoms with E-state index in [1.165, 1.54) is 6.92 Å². The van der Waals surface area contributed by atoms with Crippen molar-refractivity contribution in [3.05, 3.63) is 35.9 Å². The minimum Gasteiger partial charge on any atom is -0.466 e. The zero-order valence-corrected chi connectivity index (χ0v) is 14.4. The molecule has 1 unspecified atom stereocenters. The Morgan fingerprint density at radius 1 is 1.22 bits per heavy atom. The molecule has 0 radical (unpaired) electrons. The fourth-order valence-corrected chi connectivity index (χ4v) is 2.71. The molecule has 6 heteroatoms. The van der Waals surface area contributed by atoms with E-state index in [1.807, 2.05) is 30.3 Å². The van der Waals surface area contributed by atoms with Crippen LogP contribution in [0.5, 0.6) is 0 Å². The second kappa shape index (κ2) is 10.8. The molecule has 0 aliphatic rings. The smallest absolute Gasteiger partial charge is 0.307 e. The zero-order valence-electron chi connectivity index (χ0n) is 13.5. The molecule has 0 aliphatic carbocycles. The van der Waals surface area contributed by atoms with Gasteiger partial charge in [0.1, 0.15) is 0 Å². The number of carbonyl (C=O) groups excluding carboxylic acids is 3. The van der Waals surface area contributed by atoms with E-state index in [2.05, 4.69) is 5.32 Å². The average Bonchev–Trinajstić information content (AvgIpc) is 2.52. The van der Waals surface area contributed by atoms with Crippen LogP contribution in [0.2, 0.25) is 0 Å². The van der Waals surface area contributed by atoms with Gasteiger partial charge >= 0.3 is 5.97 Å². The molecule has 0 saturated heterocycles. The summed E-state index contributed by atoms with van der Waals surface area (Å²) in [6.07, 6.45) is 0.712. The molecular weight excluding hydrogens is 314 g/mol. The quantitative estimate of drug-likeness (QED) is 0.699. The van der Waals surface area contributed by atoms with Crippen molar-refractivity contribution >= 4 is 28.8 Å². The highest BCUT2D eigenvalue weighted by atomic mass is 32.2. The lowest BCUT2D eigenvalue weighted by Gasteiger charge is -2.16. The third kappa shape index (κ3) is 8.40. The van der Waals surface area contributed by atoms with Gasteiger partial charge in [-0.25, -0.2) is 0 Å². The van der Waals surface area contributed by atoms with Gasteiger partial charge in [0, 0.05) is 19.2 Å². The molecule has 0 spiro atoms. The first-order valence-electron chi connectivity index (χ1n) is 7.63. The van der Waals surface area contributed by atoms with Gasteiger partial charge in [0.15, 0.2) is 5.12 Å². The highest BCUT2D eigenvalue weighted by Crippen LogP contribution is 2.15. The summed E-state index contributed by atoms with van der Waals surface area (Å²) in [5, 5.41) is 2.74. The van der Waals surface area contributed by atoms with Gasteiger partial charge in [0.05, 0.1) is 18.9 Å². The molecule has 1 aromatic carbocycles. The lowest BCUT2D eigenvalue weighted by atomic mass is 10.0. The predicted molar refractivity (Wildman–Crippen MR) is 91.0 cm³/mol. The van der Waals surface area contributed by atoms with Crippen molar-refractivity contribution in [2.24, 2.45) is 5.92 Å². The molecule has 0 saturated carbocycles. The Bertz CT molecular complexity index is 519. The molecule has 5 nitrogen and oxygen atoms in total. The van der Waals surface area contributed by atoms with Gasteiger partial charge in [0.25, 0.3) is 0 Å². The lowest BCUT2D eigenvalue weighted by Crippen LogP contribution is -2.35. The van der Waals surface area contributed by atoms with E-state index < -0.39 is 0 Å². The van der Waals surface area contributed by atoms with E-state index in [0.29, 0.717) is 18.8 Å². The Balaban J connectivity index is 2.54. The summed E-state index contributed by atoms with van der Waals surface area (Å²) in [4.78, 5) is 34.8. The number of esters is 1. The first-order valence-corrected chi connectivity index (χ1v) is 8.62. The molecule has 1 N–H and O–H groups in total. The number of thioether (sulfide) groups is 1. The molecule has 126 valence electrons. The summed E-state index contributed by atoms with van der Waals surface area (Å²) >= 11 is 1.14. The third-order valence-electron chi connectivity index (χ3n) is 3.12. The fourth-order valence-electron chi connectivity index (χ4n) is 2.01. The molecule has 0 heterocycles. The topological polar surface area (TPSA) is 72.5 Å². The minimum atomic E-state index is -0.328. The molecule has 0 aliphatic heterocycles. The first-order chi connectivity index (χ1) is 11.0. The van der Waals surface area contributed by atoms with Crippen molar-refractivity contribution in [1.29, 1.82) is 0 Å². The standard InChI is InChI=1S/C17H23NO4S/c1-3-22-16(20)9-10-18-17(21)15(12-23-13(2)19)11-14-7-5-4-6-8-14/h4-8,15H,3,9-12H2,1-2H3,(H,18,21). The van der Waals surface area contributed by atoms with Gasteiger partial charge in [-0.15, -0.1) is 0 Å². The van der Waals surface area contributed by atoms with Crippen molar-refractivity contribution in [2.45, 2.75) is 26.7 Å². The van der Waals surface area contributed by atoms with Gasteiger partial charge in [-0.1, -0.05) is 42.1 Å². The van der Waals surface area contributed by atoms with Gasteiger partial charge in [-0.2, -0.15) is 0 Å². The Morgan fingerprint density at radius 3 is 2.52 bits per heavy atom. The molecule has 1 amide bonds. The Kier molecular flexibility index (Phi) is 9.05. The van der Waals surface area contributed by atoms with Crippen molar-refractivity contribution in [3.8, 4) is 0 Å². The largest absolute Gasteiger partial charge is 0.466 e. The van der Waals surface area contributed by atoms with Crippen LogP contribution >= 0.6 is 11.8 Å². The second-order valence-electron chi connectivity index (χ2n) is 5.04. The number of hydrogen-bond acceptors (Lipinski definition) is 5. The predicted octanol–water partition coefficient (Wildman–Crippen LogP) is 2.19. The van der Waals surface area contributed by atoms with Crippen LogP contribution < -0.4 is 5.32 Å². The highest BCUT2D eigenvalue weighted by Gasteiger charge is 2.20. The molecular formula is C17H23NO4S. The van der Waals surface area contributed by atoms with Crippen LogP contribution in [0.25, 0.3) is 0 Å². The molecule has 1 aromatic rings. The van der Waals surface area contributed by atoms with Crippen LogP contribution in [-0.2, 0) is 25.5 Å². The van der Waals surface area contributed by atoms with Crippen LogP contribution in [0.1, 0.15) is 25.8 Å². The summed E-state index contributed by atoms with van der Waals surface area (Å²) in [5.41, 5.74) is 1.04. The summed E-state index contributed by atoms with van der Waals surface area (Å²) in [7, 11) is 0. The van der Waals surface area contributed by atoms with Crippen LogP contribution in [0.3, 0.4) is 0 Å². The van der Waals surface area contributed by atoms with Crippen molar-refractivity contribution < 1.29 is 19.1 Å². The number of amides is 1. The van der Waals surface area contributed by atoms with E-state index in [4.69, 9.17) is 4.74 Å². The average molecular weight is 337 g/mol. The van der Waals surface area contributed by atoms with Gasteiger partial charge in [-0.3, -0.25) is 14.4 Å². The van der Waals surface area contributed by atoms with E-state index in [9.17, 15) is 14.4 Å². The monoisotopic (exact) mass is 337 g/mol. The van der Waals surface area contributed by atoms with E-state index >= 15 is 0 Å². The van der Waals surface area contributed by atoms with Crippen LogP contribution in [0.15, 0.2) is 30.3 Å². The van der Waals surface area contributed by atoms with Crippen molar-refractivity contribution in [2.75, 3.05) is 18.9 Å². The maximum atomic E-state index is 12.3. The van der Waals surface area contributed by atoms with Gasteiger partial charge in [-0.05, 0) is 18.9 Å². The van der Waals surface area contributed by atoms with Crippen LogP contribution in [0, 0.1) is 5.92 Å². The Hall–Kier alpha value is -1.82. The molecule has 1 atom stereocenters. The number of hydrogen-bond donors (Lipinski definition) is 1. The maximum absolute atomic E-state index is 12.3. The summed E-state index contributed by atoms with van der Waals surface area (Å²) in [5.74, 6) is -0.360. The zero-order chi connectivity index (χ0) is 17.1. The van der Waals surface area contributed by atoms with Crippen molar-refractivity contribution in [1.82, 2.24) is 5.32 Å². The first kappa shape index (κ1) is 19.2. The Labute approximate surface area is 141 Å². The third-order valence-corrected chi connectivity index (χ3v) is 4.09. The van der Waals surface area contributed by atoms with Gasteiger partial charge < -0.3 is 10.1 Å². The molecule has 23 heavy (non-hydrogen) atoms. The lowest BCUT2D eigenvalue weighted by molar-refractivity contribution is -0.143. The molecule has 1 rings (SSSR count). The number of rotatable bonds is 9. The number of ether oxygens (including phenoxy) is 1. The van der Waals surface area contributed by atoms with E-state index in [0.717, 1.165) is 17.3 Å². The van der Waals surface area contributed by atoms with Gasteiger partial charge in [0.2, 0.25) is 5.91 Å². The summed E-state index contributed by atoms with van der Waals surface area (Å²) < 4.78 is 4.82. The molecule has 0 bridgehead atoms. The second-order valence-corrected chi connectivity index (χ2v) is 6.23. The number of carbonyl (C=O) groups is 3. The summed E-state index contributed by atoms with van der Waals surface area (Å²) in [6, 6.07) is 9.67. The SMILES string of the molecule is CCOC(=O)CCNC(=O)C(CSC(C)=O)Cc1ccccc1. The number of nitrogens with one attached hydrogen (secondary N) is 1. The molecule has 0 aromatic heterocycles. The van der Waals surface area contributed by atoms with Crippen molar-refractivity contribution in [3.63, 3.8) is 0 Å². The van der Waals surface area contributed by atoms with Crippen LogP contribution in [-0.4, -0.2) is 35.9 Å². The summed E-state index contributed by atoms with van der Waals surface area (Å²) in [6.45, 7) is 3.81. The highest BCUT2D eigenvalue weighted by molar-refractivity contribution is 8.13. The van der Waals surface area contributed by atoms with E-state index in [-0.39, 0.29) is 35.9 Å². The normalized spacial score (nSPS) is 11.6. The fraction of sp³-hybridized carbons (Fsp3) is 0.471. The Morgan fingerprint density at radius 2 is 1.91 bits per heavy atom.